The van der Waals surface area contributed by atoms with Crippen molar-refractivity contribution in [3.63, 3.8) is 0 Å². The number of amides is 1. The minimum absolute atomic E-state index is 0.239. The van der Waals surface area contributed by atoms with E-state index in [1.54, 1.807) is 7.11 Å². The average molecular weight is 436 g/mol. The Morgan fingerprint density at radius 1 is 1.03 bits per heavy atom. The van der Waals surface area contributed by atoms with Gasteiger partial charge in [0.05, 0.1) is 24.8 Å². The first-order chi connectivity index (χ1) is 15.7. The number of rotatable bonds is 13. The summed E-state index contributed by atoms with van der Waals surface area (Å²) in [6, 6.07) is 16.0. The number of nitrogens with one attached hydrogen (secondary N) is 1. The largest absolute Gasteiger partial charge is 0.497 e. The van der Waals surface area contributed by atoms with Crippen molar-refractivity contribution in [1.29, 1.82) is 0 Å². The molecule has 1 amide bonds. The minimum Gasteiger partial charge on any atom is -0.497 e. The molecule has 0 saturated heterocycles. The number of hydrogen-bond donors (Lipinski definition) is 1. The van der Waals surface area contributed by atoms with Gasteiger partial charge in [0.25, 0.3) is 0 Å². The van der Waals surface area contributed by atoms with Gasteiger partial charge in [0, 0.05) is 25.4 Å². The van der Waals surface area contributed by atoms with Gasteiger partial charge in [0.15, 0.2) is 0 Å². The van der Waals surface area contributed by atoms with Gasteiger partial charge in [0.1, 0.15) is 17.3 Å². The topological polar surface area (TPSA) is 65.4 Å². The SMILES string of the molecule is COc1ccc(OCCCn2c(CCCCCNC(=O)C3CC3)nc3ccccc32)cc1. The molecule has 170 valence electrons. The van der Waals surface area contributed by atoms with E-state index in [1.807, 2.05) is 30.3 Å². The molecule has 0 unspecified atom stereocenters. The van der Waals surface area contributed by atoms with Gasteiger partial charge >= 0.3 is 0 Å². The molecule has 4 rings (SSSR count). The quantitative estimate of drug-likeness (QED) is 0.394. The van der Waals surface area contributed by atoms with E-state index in [2.05, 4.69) is 28.1 Å². The lowest BCUT2D eigenvalue weighted by Gasteiger charge is -2.11. The summed E-state index contributed by atoms with van der Waals surface area (Å²) in [4.78, 5) is 16.6. The van der Waals surface area contributed by atoms with Crippen LogP contribution in [0.1, 0.15) is 44.3 Å². The Morgan fingerprint density at radius 3 is 2.59 bits per heavy atom. The zero-order valence-electron chi connectivity index (χ0n) is 18.9. The summed E-state index contributed by atoms with van der Waals surface area (Å²) in [5, 5.41) is 3.05. The molecule has 1 saturated carbocycles. The van der Waals surface area contributed by atoms with Crippen LogP contribution in [0, 0.1) is 5.92 Å². The normalized spacial score (nSPS) is 13.3. The van der Waals surface area contributed by atoms with Gasteiger partial charge < -0.3 is 19.4 Å². The van der Waals surface area contributed by atoms with Crippen LogP contribution in [0.5, 0.6) is 11.5 Å². The number of imidazole rings is 1. The third-order valence-electron chi connectivity index (χ3n) is 5.91. The van der Waals surface area contributed by atoms with Gasteiger partial charge in [-0.2, -0.15) is 0 Å². The van der Waals surface area contributed by atoms with Crippen LogP contribution in [0.3, 0.4) is 0 Å². The predicted molar refractivity (Wildman–Crippen MR) is 126 cm³/mol. The van der Waals surface area contributed by atoms with Gasteiger partial charge in [-0.1, -0.05) is 18.6 Å². The smallest absolute Gasteiger partial charge is 0.223 e. The standard InChI is InChI=1S/C26H33N3O3/c1-31-21-13-15-22(16-14-21)32-19-7-18-29-24-9-5-4-8-23(24)28-25(29)10-3-2-6-17-27-26(30)20-11-12-20/h4-5,8-9,13-16,20H,2-3,6-7,10-12,17-19H2,1H3,(H,27,30). The van der Waals surface area contributed by atoms with E-state index in [-0.39, 0.29) is 5.91 Å². The molecule has 6 heteroatoms. The highest BCUT2D eigenvalue weighted by atomic mass is 16.5. The Kier molecular flexibility index (Phi) is 7.64. The fourth-order valence-corrected chi connectivity index (χ4v) is 3.94. The van der Waals surface area contributed by atoms with Crippen molar-refractivity contribution in [1.82, 2.24) is 14.9 Å². The van der Waals surface area contributed by atoms with Crippen LogP contribution in [0.2, 0.25) is 0 Å². The molecule has 6 nitrogen and oxygen atoms in total. The molecule has 1 N–H and O–H groups in total. The zero-order chi connectivity index (χ0) is 22.2. The molecule has 32 heavy (non-hydrogen) atoms. The molecule has 2 aromatic carbocycles. The number of hydrogen-bond acceptors (Lipinski definition) is 4. The predicted octanol–water partition coefficient (Wildman–Crippen LogP) is 4.75. The van der Waals surface area contributed by atoms with Crippen molar-refractivity contribution in [2.75, 3.05) is 20.3 Å². The van der Waals surface area contributed by atoms with E-state index in [9.17, 15) is 4.79 Å². The van der Waals surface area contributed by atoms with Crippen LogP contribution in [0.4, 0.5) is 0 Å². The molecule has 3 aromatic rings. The number of methoxy groups -OCH3 is 1. The molecule has 0 spiro atoms. The Hall–Kier alpha value is -3.02. The Morgan fingerprint density at radius 2 is 1.81 bits per heavy atom. The molecule has 0 atom stereocenters. The van der Waals surface area contributed by atoms with Crippen LogP contribution in [-0.4, -0.2) is 35.7 Å². The third-order valence-corrected chi connectivity index (χ3v) is 5.91. The summed E-state index contributed by atoms with van der Waals surface area (Å²) >= 11 is 0. The van der Waals surface area contributed by atoms with E-state index in [1.165, 1.54) is 5.52 Å². The fraction of sp³-hybridized carbons (Fsp3) is 0.462. The summed E-state index contributed by atoms with van der Waals surface area (Å²) in [6.07, 6.45) is 7.17. The zero-order valence-corrected chi connectivity index (χ0v) is 18.9. The van der Waals surface area contributed by atoms with Crippen LogP contribution >= 0.6 is 0 Å². The molecular formula is C26H33N3O3. The van der Waals surface area contributed by atoms with E-state index in [0.717, 1.165) is 80.9 Å². The Bertz CT molecular complexity index is 1010. The number of benzene rings is 2. The van der Waals surface area contributed by atoms with Crippen LogP contribution in [0.25, 0.3) is 11.0 Å². The summed E-state index contributed by atoms with van der Waals surface area (Å²) < 4.78 is 13.4. The van der Waals surface area contributed by atoms with Crippen LogP contribution < -0.4 is 14.8 Å². The van der Waals surface area contributed by atoms with Crippen LogP contribution in [0.15, 0.2) is 48.5 Å². The second-order valence-corrected chi connectivity index (χ2v) is 8.42. The van der Waals surface area contributed by atoms with Crippen molar-refractivity contribution in [2.45, 2.75) is 51.5 Å². The van der Waals surface area contributed by atoms with Gasteiger partial charge in [0.2, 0.25) is 5.91 Å². The van der Waals surface area contributed by atoms with E-state index in [0.29, 0.717) is 12.5 Å². The highest BCUT2D eigenvalue weighted by Crippen LogP contribution is 2.28. The number of nitrogens with zero attached hydrogens (tertiary/aromatic N) is 2. The fourth-order valence-electron chi connectivity index (χ4n) is 3.94. The molecular weight excluding hydrogens is 402 g/mol. The maximum absolute atomic E-state index is 11.7. The number of unbranched alkanes of at least 4 members (excludes halogenated alkanes) is 2. The van der Waals surface area contributed by atoms with E-state index in [4.69, 9.17) is 14.5 Å². The van der Waals surface area contributed by atoms with Gasteiger partial charge in [-0.25, -0.2) is 4.98 Å². The summed E-state index contributed by atoms with van der Waals surface area (Å²) in [5.74, 6) is 3.36. The van der Waals surface area contributed by atoms with E-state index >= 15 is 0 Å². The van der Waals surface area contributed by atoms with Crippen molar-refractivity contribution >= 4 is 16.9 Å². The molecule has 1 heterocycles. The van der Waals surface area contributed by atoms with E-state index < -0.39 is 0 Å². The second-order valence-electron chi connectivity index (χ2n) is 8.42. The highest BCUT2D eigenvalue weighted by molar-refractivity contribution is 5.80. The molecule has 0 radical (unpaired) electrons. The average Bonchev–Trinajstić information content (AvgIpc) is 3.62. The first kappa shape index (κ1) is 22.2. The maximum Gasteiger partial charge on any atom is 0.223 e. The first-order valence-electron chi connectivity index (χ1n) is 11.7. The lowest BCUT2D eigenvalue weighted by atomic mass is 10.2. The number of carbonyl (C=O) groups is 1. The maximum atomic E-state index is 11.7. The lowest BCUT2D eigenvalue weighted by molar-refractivity contribution is -0.122. The van der Waals surface area contributed by atoms with Crippen molar-refractivity contribution in [2.24, 2.45) is 5.92 Å². The number of fused-ring (bicyclic) bond motifs is 1. The summed E-state index contributed by atoms with van der Waals surface area (Å²) in [6.45, 7) is 2.32. The monoisotopic (exact) mass is 435 g/mol. The number of aryl methyl sites for hydroxylation is 2. The Balaban J connectivity index is 1.25. The minimum atomic E-state index is 0.239. The number of aromatic nitrogens is 2. The number of ether oxygens (including phenoxy) is 2. The number of para-hydroxylation sites is 2. The van der Waals surface area contributed by atoms with Gasteiger partial charge in [-0.3, -0.25) is 4.79 Å². The molecule has 0 bridgehead atoms. The van der Waals surface area contributed by atoms with Crippen molar-refractivity contribution in [3.05, 3.63) is 54.4 Å². The lowest BCUT2D eigenvalue weighted by Crippen LogP contribution is -2.25. The Labute approximate surface area is 189 Å². The highest BCUT2D eigenvalue weighted by Gasteiger charge is 2.28. The summed E-state index contributed by atoms with van der Waals surface area (Å²) in [5.41, 5.74) is 2.24. The summed E-state index contributed by atoms with van der Waals surface area (Å²) in [7, 11) is 1.66. The second kappa shape index (κ2) is 11.0. The third kappa shape index (κ3) is 6.02. The molecule has 0 aliphatic heterocycles. The molecule has 1 aliphatic carbocycles. The van der Waals surface area contributed by atoms with Gasteiger partial charge in [-0.05, 0) is 68.5 Å². The molecule has 1 aromatic heterocycles. The first-order valence-corrected chi connectivity index (χ1v) is 11.7. The number of carbonyl (C=O) groups excluding carboxylic acids is 1. The van der Waals surface area contributed by atoms with Crippen molar-refractivity contribution < 1.29 is 14.3 Å². The van der Waals surface area contributed by atoms with Crippen molar-refractivity contribution in [3.8, 4) is 11.5 Å². The molecule has 1 fully saturated rings. The van der Waals surface area contributed by atoms with Gasteiger partial charge in [-0.15, -0.1) is 0 Å². The van der Waals surface area contributed by atoms with Crippen LogP contribution in [-0.2, 0) is 17.8 Å². The molecule has 1 aliphatic rings.